The zero-order valence-corrected chi connectivity index (χ0v) is 56.7. The van der Waals surface area contributed by atoms with Crippen LogP contribution in [0.25, 0.3) is 43.4 Å². The van der Waals surface area contributed by atoms with Gasteiger partial charge < -0.3 is 63.0 Å². The maximum atomic E-state index is 15.4. The minimum Gasteiger partial charge on any atom is -0.494 e. The summed E-state index contributed by atoms with van der Waals surface area (Å²) in [4.78, 5) is 133. The third kappa shape index (κ3) is 15.4. The number of benzene rings is 2. The van der Waals surface area contributed by atoms with Gasteiger partial charge in [-0.3, -0.25) is 39.0 Å². The standard InChI is InChI=1S/C64H64N16O11S6/c1-29-45(81)23-80-50(29)61-77-44(28-96-61)58-73-40(24-93-58)48-36(17-18-37(70-48)57-75-41(26-94-57)52(84)69-34-13-11-33(12-14-34)63(89)90)56-74-42(25-92-56)53(85)71-38(22-46(65)82)59-79-47(30(2)97-59)55(87)78-49(51(83)32-7-4-3-5-8-32)60-76-43(27-95-60)54(86)72-39(62(80)88)21-31-9-15-35(16-10-31)91-20-6-19-68-64(66)67/h3-5,7-10,15-18,24-29,33-34,38-39,45,49-51,81,83H,6,11-14,19-23H2,1-2H3,(H2,65,82)(H,69,84)(H,71,85)(H,72,86)(H,78,87)(H,89,90)(H4,66,67,68)/t29-,33?,34?,38-,39-,45-,49-,50-,51+/m0/s1. The second kappa shape index (κ2) is 29.6. The van der Waals surface area contributed by atoms with E-state index in [-0.39, 0.29) is 57.8 Å². The summed E-state index contributed by atoms with van der Waals surface area (Å²) < 4.78 is 5.93. The first kappa shape index (κ1) is 67.6. The third-order valence-corrected chi connectivity index (χ3v) is 22.3. The van der Waals surface area contributed by atoms with Crippen LogP contribution in [-0.2, 0) is 20.8 Å². The minimum atomic E-state index is -1.43. The molecule has 12 rings (SSSR count). The van der Waals surface area contributed by atoms with Gasteiger partial charge in [0.15, 0.2) is 5.96 Å². The molecule has 9 heterocycles. The van der Waals surface area contributed by atoms with Crippen molar-refractivity contribution in [2.45, 2.75) is 101 Å². The van der Waals surface area contributed by atoms with E-state index in [0.717, 1.165) is 34.0 Å². The van der Waals surface area contributed by atoms with Gasteiger partial charge in [0, 0.05) is 68.8 Å². The first-order chi connectivity index (χ1) is 46.7. The third-order valence-electron chi connectivity index (χ3n) is 16.8. The van der Waals surface area contributed by atoms with Gasteiger partial charge in [-0.15, -0.1) is 68.0 Å². The molecule has 7 atom stereocenters. The van der Waals surface area contributed by atoms with Gasteiger partial charge in [0.25, 0.3) is 23.6 Å². The van der Waals surface area contributed by atoms with Gasteiger partial charge in [0.05, 0.1) is 42.8 Å². The summed E-state index contributed by atoms with van der Waals surface area (Å²) in [6.07, 6.45) is -0.361. The van der Waals surface area contributed by atoms with Crippen molar-refractivity contribution < 1.29 is 53.6 Å². The number of nitrogens with two attached hydrogens (primary N) is 2. The van der Waals surface area contributed by atoms with E-state index in [1.165, 1.54) is 49.7 Å². The molecule has 33 heteroatoms. The SMILES string of the molecule is Cc1sc2nc1C(=O)N[C@@H]([C@H](O)c1ccccc1)c1nc(cs1)C(=O)N[C@@H](Cc1ccc(OCCCNC(=N)N)cc1)C(=O)N1C[C@H](O)[C@H](C)[C@H]1c1nc(cs1)-c1nc(cs1)-c1nc(-c3nc(C(=O)NC4CCC(C(=O)O)CC4)cs3)ccc1-c1nc(cs1)C(=O)N[C@H]2CC(N)=O. The van der Waals surface area contributed by atoms with Gasteiger partial charge in [-0.05, 0) is 74.4 Å². The predicted octanol–water partition coefficient (Wildman–Crippen LogP) is 7.21. The van der Waals surface area contributed by atoms with Crippen LogP contribution in [0.3, 0.4) is 0 Å². The molecule has 0 unspecified atom stereocenters. The fraction of sp³-hybridized carbons (Fsp3) is 0.328. The fourth-order valence-electron chi connectivity index (χ4n) is 11.6. The van der Waals surface area contributed by atoms with E-state index in [4.69, 9.17) is 41.5 Å². The number of aromatic nitrogens is 7. The molecule has 2 aromatic carbocycles. The summed E-state index contributed by atoms with van der Waals surface area (Å²) >= 11 is 6.90. The lowest BCUT2D eigenvalue weighted by Crippen LogP contribution is -2.50. The summed E-state index contributed by atoms with van der Waals surface area (Å²) in [6.45, 7) is 4.11. The summed E-state index contributed by atoms with van der Waals surface area (Å²) in [5.41, 5.74) is 14.2. The van der Waals surface area contributed by atoms with E-state index in [0.29, 0.717) is 115 Å². The highest BCUT2D eigenvalue weighted by Crippen LogP contribution is 2.43. The number of aliphatic hydroxyl groups is 2. The van der Waals surface area contributed by atoms with E-state index >= 15 is 4.79 Å². The molecule has 2 fully saturated rings. The number of hydrogen-bond acceptors (Lipinski definition) is 24. The lowest BCUT2D eigenvalue weighted by atomic mass is 9.86. The van der Waals surface area contributed by atoms with Crippen molar-refractivity contribution >= 4 is 115 Å². The Morgan fingerprint density at radius 2 is 1.37 bits per heavy atom. The second-order valence-electron chi connectivity index (χ2n) is 23.4. The van der Waals surface area contributed by atoms with E-state index in [1.807, 2.05) is 6.92 Å². The van der Waals surface area contributed by atoms with Crippen LogP contribution < -0.4 is 42.8 Å². The van der Waals surface area contributed by atoms with Crippen LogP contribution in [0.2, 0.25) is 0 Å². The van der Waals surface area contributed by atoms with Crippen LogP contribution in [0.1, 0.15) is 143 Å². The number of ether oxygens (including phenoxy) is 1. The largest absolute Gasteiger partial charge is 0.494 e. The number of pyridine rings is 1. The number of fused-ring (bicyclic) bond motifs is 16. The molecule has 0 spiro atoms. The first-order valence-corrected chi connectivity index (χ1v) is 36.0. The van der Waals surface area contributed by atoms with E-state index < -0.39 is 96.0 Å². The number of rotatable bonds is 15. The zero-order chi connectivity index (χ0) is 68.2. The molecular formula is C64H64N16O11S6. The number of aliphatic hydroxyl groups excluding tert-OH is 2. The molecule has 10 bridgehead atoms. The zero-order valence-electron chi connectivity index (χ0n) is 51.8. The number of amides is 6. The predicted molar refractivity (Wildman–Crippen MR) is 365 cm³/mol. The highest BCUT2D eigenvalue weighted by Gasteiger charge is 2.46. The normalized spacial score (nSPS) is 20.9. The molecule has 1 aliphatic carbocycles. The average Bonchev–Trinajstić information content (AvgIpc) is 1.65. The van der Waals surface area contributed by atoms with Gasteiger partial charge in [-0.2, -0.15) is 0 Å². The lowest BCUT2D eigenvalue weighted by Gasteiger charge is -2.29. The first-order valence-electron chi connectivity index (χ1n) is 30.7. The van der Waals surface area contributed by atoms with Crippen molar-refractivity contribution in [1.29, 1.82) is 5.41 Å². The van der Waals surface area contributed by atoms with E-state index in [9.17, 15) is 44.1 Å². The maximum Gasteiger partial charge on any atom is 0.306 e. The molecule has 2 aliphatic heterocycles. The van der Waals surface area contributed by atoms with Crippen LogP contribution in [0.5, 0.6) is 5.75 Å². The van der Waals surface area contributed by atoms with Crippen LogP contribution >= 0.6 is 68.0 Å². The number of thiazole rings is 6. The van der Waals surface area contributed by atoms with Crippen molar-refractivity contribution in [3.63, 3.8) is 0 Å². The molecule has 27 nitrogen and oxygen atoms in total. The number of nitrogens with zero attached hydrogens (tertiary/aromatic N) is 8. The molecule has 502 valence electrons. The Morgan fingerprint density at radius 3 is 2.11 bits per heavy atom. The van der Waals surface area contributed by atoms with Crippen molar-refractivity contribution in [1.82, 2.24) is 66.4 Å². The summed E-state index contributed by atoms with van der Waals surface area (Å²) in [7, 11) is 0. The van der Waals surface area contributed by atoms with Gasteiger partial charge in [0.1, 0.15) is 93.8 Å². The average molecular weight is 1430 g/mol. The number of carboxylic acids is 1. The van der Waals surface area contributed by atoms with Gasteiger partial charge >= 0.3 is 5.97 Å². The Labute approximate surface area is 577 Å². The Balaban J connectivity index is 0.916. The Kier molecular flexibility index (Phi) is 20.6. The topological polar surface area (TPSA) is 419 Å². The molecular weight excluding hydrogens is 1360 g/mol. The van der Waals surface area contributed by atoms with Gasteiger partial charge in [0.2, 0.25) is 11.8 Å². The number of carbonyl (C=O) groups excluding carboxylic acids is 6. The highest BCUT2D eigenvalue weighted by molar-refractivity contribution is 7.15. The van der Waals surface area contributed by atoms with Crippen LogP contribution in [0.15, 0.2) is 93.6 Å². The number of primary amides is 1. The van der Waals surface area contributed by atoms with Crippen molar-refractivity contribution in [3.8, 4) is 49.1 Å². The maximum absolute atomic E-state index is 15.4. The van der Waals surface area contributed by atoms with Gasteiger partial charge in [-0.25, -0.2) is 34.9 Å². The van der Waals surface area contributed by atoms with Crippen LogP contribution in [0, 0.1) is 24.2 Å². The van der Waals surface area contributed by atoms with Crippen LogP contribution in [-0.4, -0.2) is 140 Å². The smallest absolute Gasteiger partial charge is 0.306 e. The number of carboxylic acid groups (broad SMARTS) is 1. The fourth-order valence-corrected chi connectivity index (χ4v) is 16.9. The quantitative estimate of drug-likeness (QED) is 0.0274. The summed E-state index contributed by atoms with van der Waals surface area (Å²) in [6, 6.07) is 14.4. The Morgan fingerprint density at radius 1 is 0.711 bits per heavy atom. The second-order valence-corrected chi connectivity index (χ2v) is 29.0. The van der Waals surface area contributed by atoms with Crippen molar-refractivity contribution in [3.05, 3.63) is 147 Å². The van der Waals surface area contributed by atoms with Crippen LogP contribution in [0.4, 0.5) is 0 Å². The molecule has 97 heavy (non-hydrogen) atoms. The molecule has 1 saturated carbocycles. The van der Waals surface area contributed by atoms with Gasteiger partial charge in [-0.1, -0.05) is 49.4 Å². The van der Waals surface area contributed by atoms with E-state index in [2.05, 4.69) is 41.5 Å². The van der Waals surface area contributed by atoms with Crippen molar-refractivity contribution in [2.75, 3.05) is 19.7 Å². The molecule has 7 aromatic heterocycles. The van der Waals surface area contributed by atoms with E-state index in [1.54, 1.807) is 89.8 Å². The lowest BCUT2D eigenvalue weighted by molar-refractivity contribution is -0.143. The number of hydrogen-bond donors (Lipinski definition) is 11. The molecule has 6 amide bonds. The highest BCUT2D eigenvalue weighted by atomic mass is 32.1. The monoisotopic (exact) mass is 1420 g/mol. The molecule has 3 aliphatic rings. The Bertz CT molecular complexity index is 4430. The Hall–Kier alpha value is -9.35. The molecule has 0 radical (unpaired) electrons. The number of aryl methyl sites for hydroxylation is 1. The summed E-state index contributed by atoms with van der Waals surface area (Å²) in [5.74, 6) is -5.36. The molecule has 9 aromatic rings. The number of guanidine groups is 1. The summed E-state index contributed by atoms with van der Waals surface area (Å²) in [5, 5.41) is 65.3. The minimum absolute atomic E-state index is 0.0235. The molecule has 13 N–H and O–H groups in total. The molecule has 1 saturated heterocycles. The number of nitrogens with one attached hydrogen (secondary N) is 6. The number of carbonyl (C=O) groups is 7. The number of aliphatic carboxylic acids is 1. The van der Waals surface area contributed by atoms with Crippen molar-refractivity contribution in [2.24, 2.45) is 23.3 Å².